The summed E-state index contributed by atoms with van der Waals surface area (Å²) in [4.78, 5) is 28.3. The van der Waals surface area contributed by atoms with E-state index in [2.05, 4.69) is 10.6 Å². The predicted octanol–water partition coefficient (Wildman–Crippen LogP) is 2.18. The summed E-state index contributed by atoms with van der Waals surface area (Å²) in [5.74, 6) is -0.509. The van der Waals surface area contributed by atoms with Crippen LogP contribution < -0.4 is 10.6 Å². The van der Waals surface area contributed by atoms with E-state index < -0.39 is 5.82 Å². The molecular weight excluding hydrogens is 349 g/mol. The van der Waals surface area contributed by atoms with Crippen molar-refractivity contribution >= 4 is 12.1 Å². The molecule has 1 aliphatic carbocycles. The summed E-state index contributed by atoms with van der Waals surface area (Å²) in [5, 5.41) is 14.2. The number of nitrogens with zero attached hydrogens (tertiary/aromatic N) is 3. The van der Waals surface area contributed by atoms with Gasteiger partial charge in [-0.3, -0.25) is 0 Å². The first-order valence-corrected chi connectivity index (χ1v) is 9.25. The molecule has 0 spiro atoms. The molecule has 1 saturated heterocycles. The number of piperidine rings is 1. The Morgan fingerprint density at radius 1 is 1.33 bits per heavy atom. The molecule has 1 aromatic carbocycles. The molecular formula is C19H24FN5O2. The van der Waals surface area contributed by atoms with Crippen molar-refractivity contribution in [3.63, 3.8) is 0 Å². The lowest BCUT2D eigenvalue weighted by molar-refractivity contribution is 0.116. The lowest BCUT2D eigenvalue weighted by atomic mass is 10.0. The van der Waals surface area contributed by atoms with Crippen molar-refractivity contribution < 1.29 is 14.0 Å². The van der Waals surface area contributed by atoms with Crippen molar-refractivity contribution in [2.24, 2.45) is 0 Å². The summed E-state index contributed by atoms with van der Waals surface area (Å²) in [5.41, 5.74) is 0.580. The molecule has 1 aromatic rings. The number of halogens is 1. The van der Waals surface area contributed by atoms with E-state index in [1.54, 1.807) is 11.9 Å². The molecule has 1 saturated carbocycles. The van der Waals surface area contributed by atoms with Crippen LogP contribution in [0.3, 0.4) is 0 Å². The Morgan fingerprint density at radius 2 is 2.11 bits per heavy atom. The van der Waals surface area contributed by atoms with Crippen molar-refractivity contribution in [1.29, 1.82) is 5.26 Å². The fourth-order valence-corrected chi connectivity index (χ4v) is 3.52. The fraction of sp³-hybridized carbons (Fsp3) is 0.526. The van der Waals surface area contributed by atoms with Crippen LogP contribution in [0.25, 0.3) is 0 Å². The molecule has 0 aromatic heterocycles. The van der Waals surface area contributed by atoms with Gasteiger partial charge >= 0.3 is 12.1 Å². The maximum absolute atomic E-state index is 14.0. The van der Waals surface area contributed by atoms with Crippen LogP contribution in [0.5, 0.6) is 0 Å². The van der Waals surface area contributed by atoms with Crippen molar-refractivity contribution in [3.8, 4) is 6.07 Å². The lowest BCUT2D eigenvalue weighted by Crippen LogP contribution is -2.55. The molecule has 1 aliphatic heterocycles. The normalized spacial score (nSPS) is 19.1. The van der Waals surface area contributed by atoms with Crippen molar-refractivity contribution in [1.82, 2.24) is 20.4 Å². The molecule has 8 heteroatoms. The van der Waals surface area contributed by atoms with E-state index in [9.17, 15) is 14.0 Å². The average Bonchev–Trinajstić information content (AvgIpc) is 3.52. The van der Waals surface area contributed by atoms with E-state index >= 15 is 0 Å². The van der Waals surface area contributed by atoms with Crippen LogP contribution in [0.4, 0.5) is 14.0 Å². The van der Waals surface area contributed by atoms with Gasteiger partial charge in [-0.15, -0.1) is 0 Å². The van der Waals surface area contributed by atoms with Gasteiger partial charge in [0.1, 0.15) is 5.82 Å². The van der Waals surface area contributed by atoms with Gasteiger partial charge in [0.25, 0.3) is 0 Å². The average molecular weight is 373 g/mol. The Hall–Kier alpha value is -2.82. The van der Waals surface area contributed by atoms with Crippen LogP contribution in [0.2, 0.25) is 0 Å². The minimum Gasteiger partial charge on any atom is -0.341 e. The first-order valence-electron chi connectivity index (χ1n) is 9.25. The number of nitriles is 1. The zero-order valence-corrected chi connectivity index (χ0v) is 15.4. The Balaban J connectivity index is 1.58. The van der Waals surface area contributed by atoms with Gasteiger partial charge in [0.05, 0.1) is 17.7 Å². The molecule has 0 radical (unpaired) electrons. The molecule has 1 heterocycles. The highest BCUT2D eigenvalue weighted by Crippen LogP contribution is 2.31. The first-order chi connectivity index (χ1) is 13.0. The molecule has 3 rings (SSSR count). The second kappa shape index (κ2) is 8.25. The highest BCUT2D eigenvalue weighted by molar-refractivity contribution is 5.76. The molecule has 2 aliphatic rings. The summed E-state index contributed by atoms with van der Waals surface area (Å²) in [6, 6.07) is 5.99. The molecule has 0 unspecified atom stereocenters. The molecule has 4 amide bonds. The third kappa shape index (κ3) is 4.48. The largest absolute Gasteiger partial charge is 0.341 e. The van der Waals surface area contributed by atoms with Crippen LogP contribution >= 0.6 is 0 Å². The van der Waals surface area contributed by atoms with Gasteiger partial charge in [0.2, 0.25) is 0 Å². The van der Waals surface area contributed by atoms with Crippen LogP contribution in [0.15, 0.2) is 18.2 Å². The maximum atomic E-state index is 14.0. The Labute approximate surface area is 158 Å². The van der Waals surface area contributed by atoms with Crippen LogP contribution in [-0.4, -0.2) is 54.1 Å². The second-order valence-electron chi connectivity index (χ2n) is 7.01. The number of likely N-dealkylation sites (tertiary alicyclic amines) is 1. The third-order valence-corrected chi connectivity index (χ3v) is 5.08. The smallest absolute Gasteiger partial charge is 0.317 e. The summed E-state index contributed by atoms with van der Waals surface area (Å²) >= 11 is 0. The molecule has 27 heavy (non-hydrogen) atoms. The van der Waals surface area contributed by atoms with Gasteiger partial charge in [-0.1, -0.05) is 6.07 Å². The first kappa shape index (κ1) is 19.0. The van der Waals surface area contributed by atoms with Gasteiger partial charge in [-0.05, 0) is 37.8 Å². The molecule has 7 nitrogen and oxygen atoms in total. The number of urea groups is 2. The molecule has 1 atom stereocenters. The van der Waals surface area contributed by atoms with Gasteiger partial charge in [-0.2, -0.15) is 5.26 Å². The zero-order valence-electron chi connectivity index (χ0n) is 15.4. The van der Waals surface area contributed by atoms with E-state index in [4.69, 9.17) is 5.26 Å². The SMILES string of the molecule is CNC(=O)N(C1CC1)[C@@H]1CCCN(C(=O)NCc2ccc(C#N)cc2F)C1. The van der Waals surface area contributed by atoms with Crippen molar-refractivity contribution in [2.75, 3.05) is 20.1 Å². The van der Waals surface area contributed by atoms with E-state index in [-0.39, 0.29) is 36.3 Å². The summed E-state index contributed by atoms with van der Waals surface area (Å²) in [7, 11) is 1.62. The highest BCUT2D eigenvalue weighted by atomic mass is 19.1. The number of benzene rings is 1. The Bertz CT molecular complexity index is 759. The van der Waals surface area contributed by atoms with Gasteiger partial charge in [0, 0.05) is 38.3 Å². The van der Waals surface area contributed by atoms with Crippen LogP contribution in [0.1, 0.15) is 36.8 Å². The number of rotatable bonds is 4. The highest BCUT2D eigenvalue weighted by Gasteiger charge is 2.39. The molecule has 2 fully saturated rings. The Kier molecular flexibility index (Phi) is 5.79. The second-order valence-corrected chi connectivity index (χ2v) is 7.01. The minimum atomic E-state index is -0.509. The quantitative estimate of drug-likeness (QED) is 0.848. The van der Waals surface area contributed by atoms with E-state index in [0.717, 1.165) is 31.7 Å². The fourth-order valence-electron chi connectivity index (χ4n) is 3.52. The number of carbonyl (C=O) groups excluding carboxylic acids is 2. The van der Waals surface area contributed by atoms with E-state index in [1.165, 1.54) is 12.1 Å². The number of carbonyl (C=O) groups is 2. The monoisotopic (exact) mass is 373 g/mol. The summed E-state index contributed by atoms with van der Waals surface area (Å²) in [6.07, 6.45) is 3.71. The van der Waals surface area contributed by atoms with Crippen molar-refractivity contribution in [2.45, 2.75) is 44.3 Å². The molecule has 0 bridgehead atoms. The number of amides is 4. The predicted molar refractivity (Wildman–Crippen MR) is 97.3 cm³/mol. The van der Waals surface area contributed by atoms with Crippen LogP contribution in [0, 0.1) is 17.1 Å². The summed E-state index contributed by atoms with van der Waals surface area (Å²) in [6.45, 7) is 1.15. The van der Waals surface area contributed by atoms with E-state index in [0.29, 0.717) is 18.7 Å². The minimum absolute atomic E-state index is 0.00333. The number of hydrogen-bond acceptors (Lipinski definition) is 3. The van der Waals surface area contributed by atoms with Gasteiger partial charge in [0.15, 0.2) is 0 Å². The molecule has 144 valence electrons. The lowest BCUT2D eigenvalue weighted by Gasteiger charge is -2.39. The van der Waals surface area contributed by atoms with Crippen molar-refractivity contribution in [3.05, 3.63) is 35.1 Å². The van der Waals surface area contributed by atoms with Gasteiger partial charge < -0.3 is 20.4 Å². The molecule has 2 N–H and O–H groups in total. The third-order valence-electron chi connectivity index (χ3n) is 5.08. The van der Waals surface area contributed by atoms with Gasteiger partial charge in [-0.25, -0.2) is 14.0 Å². The van der Waals surface area contributed by atoms with E-state index in [1.807, 2.05) is 11.0 Å². The Morgan fingerprint density at radius 3 is 2.74 bits per heavy atom. The summed E-state index contributed by atoms with van der Waals surface area (Å²) < 4.78 is 14.0. The van der Waals surface area contributed by atoms with Crippen LogP contribution in [-0.2, 0) is 6.54 Å². The standard InChI is InChI=1S/C19H24FN5O2/c1-22-18(26)25(15-6-7-15)16-3-2-8-24(12-16)19(27)23-11-14-5-4-13(10-21)9-17(14)20/h4-5,9,15-16H,2-3,6-8,11-12H2,1H3,(H,22,26)(H,23,27)/t16-/m1/s1. The topological polar surface area (TPSA) is 88.5 Å². The number of nitrogens with one attached hydrogen (secondary N) is 2. The number of hydrogen-bond donors (Lipinski definition) is 2. The maximum Gasteiger partial charge on any atom is 0.317 e. The zero-order chi connectivity index (χ0) is 19.4.